The number of aromatic nitrogens is 1. The van der Waals surface area contributed by atoms with Gasteiger partial charge in [-0.15, -0.1) is 11.3 Å². The van der Waals surface area contributed by atoms with E-state index in [2.05, 4.69) is 4.98 Å². The van der Waals surface area contributed by atoms with E-state index in [1.165, 1.54) is 11.3 Å². The molecule has 0 aliphatic carbocycles. The Morgan fingerprint density at radius 3 is 2.62 bits per heavy atom. The van der Waals surface area contributed by atoms with E-state index in [1.54, 1.807) is 24.3 Å². The highest BCUT2D eigenvalue weighted by Crippen LogP contribution is 2.21. The zero-order valence-corrected chi connectivity index (χ0v) is 9.57. The van der Waals surface area contributed by atoms with Gasteiger partial charge < -0.3 is 5.11 Å². The molecule has 0 radical (unpaired) electrons. The first-order valence-corrected chi connectivity index (χ1v) is 5.76. The van der Waals surface area contributed by atoms with Crippen LogP contribution in [0.4, 0.5) is 0 Å². The molecular weight excluding hydrogens is 222 g/mol. The molecule has 0 spiro atoms. The molecule has 0 aliphatic rings. The first-order valence-electron chi connectivity index (χ1n) is 4.88. The molecule has 0 aliphatic heterocycles. The molecule has 16 heavy (non-hydrogen) atoms. The number of rotatable bonds is 3. The van der Waals surface area contributed by atoms with Crippen LogP contribution in [0.2, 0.25) is 0 Å². The maximum Gasteiger partial charge on any atom is 0.198 e. The number of benzene rings is 1. The number of Topliss-reactive ketones (excluding diaryl/α,β-unsaturated/α-hetero) is 1. The van der Waals surface area contributed by atoms with Gasteiger partial charge in [0.25, 0.3) is 0 Å². The van der Waals surface area contributed by atoms with E-state index >= 15 is 0 Å². The number of aryl methyl sites for hydroxylation is 1. The normalized spacial score (nSPS) is 12.4. The van der Waals surface area contributed by atoms with Gasteiger partial charge in [0.15, 0.2) is 11.9 Å². The summed E-state index contributed by atoms with van der Waals surface area (Å²) in [6.45, 7) is 1.83. The summed E-state index contributed by atoms with van der Waals surface area (Å²) >= 11 is 1.30. The highest BCUT2D eigenvalue weighted by molar-refractivity contribution is 7.09. The maximum absolute atomic E-state index is 11.9. The van der Waals surface area contributed by atoms with Gasteiger partial charge in [0.2, 0.25) is 0 Å². The van der Waals surface area contributed by atoms with Crippen LogP contribution in [-0.2, 0) is 0 Å². The minimum atomic E-state index is -1.15. The molecule has 0 saturated carbocycles. The lowest BCUT2D eigenvalue weighted by molar-refractivity contribution is 0.0747. The lowest BCUT2D eigenvalue weighted by Gasteiger charge is -2.05. The number of thiazole rings is 1. The van der Waals surface area contributed by atoms with E-state index in [1.807, 2.05) is 18.4 Å². The smallest absolute Gasteiger partial charge is 0.198 e. The Kier molecular flexibility index (Phi) is 3.12. The third-order valence-corrected chi connectivity index (χ3v) is 3.19. The molecule has 1 atom stereocenters. The Hall–Kier alpha value is -1.52. The molecule has 1 N–H and O–H groups in total. The summed E-state index contributed by atoms with van der Waals surface area (Å²) in [7, 11) is 0. The van der Waals surface area contributed by atoms with Gasteiger partial charge in [0, 0.05) is 16.6 Å². The van der Waals surface area contributed by atoms with Crippen LogP contribution in [-0.4, -0.2) is 15.9 Å². The minimum Gasteiger partial charge on any atom is -0.378 e. The van der Waals surface area contributed by atoms with E-state index < -0.39 is 6.10 Å². The van der Waals surface area contributed by atoms with Crippen LogP contribution >= 0.6 is 11.3 Å². The number of hydrogen-bond donors (Lipinski definition) is 1. The SMILES string of the molecule is Cc1csc(C(O)C(=O)c2ccccc2)n1. The van der Waals surface area contributed by atoms with Gasteiger partial charge in [0.05, 0.1) is 0 Å². The summed E-state index contributed by atoms with van der Waals surface area (Å²) in [5.74, 6) is -0.310. The van der Waals surface area contributed by atoms with Gasteiger partial charge in [-0.25, -0.2) is 4.98 Å². The predicted octanol–water partition coefficient (Wildman–Crippen LogP) is 2.37. The summed E-state index contributed by atoms with van der Waals surface area (Å²) in [6, 6.07) is 8.74. The van der Waals surface area contributed by atoms with Gasteiger partial charge in [-0.3, -0.25) is 4.79 Å². The number of ketones is 1. The lowest BCUT2D eigenvalue weighted by Crippen LogP contribution is -2.11. The third-order valence-electron chi connectivity index (χ3n) is 2.18. The first-order chi connectivity index (χ1) is 7.68. The number of carbonyl (C=O) groups is 1. The van der Waals surface area contributed by atoms with Crippen LogP contribution < -0.4 is 0 Å². The summed E-state index contributed by atoms with van der Waals surface area (Å²) in [4.78, 5) is 16.0. The number of nitrogens with zero attached hydrogens (tertiary/aromatic N) is 1. The molecule has 1 unspecified atom stereocenters. The second-order valence-corrected chi connectivity index (χ2v) is 4.35. The second-order valence-electron chi connectivity index (χ2n) is 3.46. The van der Waals surface area contributed by atoms with Crippen molar-refractivity contribution >= 4 is 17.1 Å². The van der Waals surface area contributed by atoms with E-state index in [9.17, 15) is 9.90 Å². The van der Waals surface area contributed by atoms with Crippen LogP contribution in [0.25, 0.3) is 0 Å². The van der Waals surface area contributed by atoms with E-state index in [4.69, 9.17) is 0 Å². The predicted molar refractivity (Wildman–Crippen MR) is 62.6 cm³/mol. The Bertz CT molecular complexity index is 493. The molecule has 0 saturated heterocycles. The molecular formula is C12H11NO2S. The van der Waals surface area contributed by atoms with Gasteiger partial charge in [-0.2, -0.15) is 0 Å². The topological polar surface area (TPSA) is 50.2 Å². The molecule has 0 amide bonds. The van der Waals surface area contributed by atoms with Crippen LogP contribution in [0.1, 0.15) is 27.2 Å². The Morgan fingerprint density at radius 2 is 2.06 bits per heavy atom. The van der Waals surface area contributed by atoms with Crippen LogP contribution in [0.15, 0.2) is 35.7 Å². The Labute approximate surface area is 97.4 Å². The van der Waals surface area contributed by atoms with Crippen LogP contribution in [0, 0.1) is 6.92 Å². The number of aliphatic hydroxyl groups excluding tert-OH is 1. The van der Waals surface area contributed by atoms with Crippen molar-refractivity contribution in [3.05, 3.63) is 52.0 Å². The molecule has 0 bridgehead atoms. The first kappa shape index (κ1) is 11.0. The zero-order chi connectivity index (χ0) is 11.5. The largest absolute Gasteiger partial charge is 0.378 e. The fourth-order valence-corrected chi connectivity index (χ4v) is 2.15. The van der Waals surface area contributed by atoms with Crippen molar-refractivity contribution in [2.24, 2.45) is 0 Å². The molecule has 2 aromatic rings. The number of aliphatic hydroxyl groups is 1. The van der Waals surface area contributed by atoms with Crippen LogP contribution in [0.3, 0.4) is 0 Å². The van der Waals surface area contributed by atoms with E-state index in [-0.39, 0.29) is 5.78 Å². The number of hydrogen-bond acceptors (Lipinski definition) is 4. The van der Waals surface area contributed by atoms with Crippen molar-refractivity contribution in [3.63, 3.8) is 0 Å². The van der Waals surface area contributed by atoms with Gasteiger partial charge in [-0.1, -0.05) is 30.3 Å². The third kappa shape index (κ3) is 2.18. The average Bonchev–Trinajstić information content (AvgIpc) is 2.75. The Morgan fingerprint density at radius 1 is 1.38 bits per heavy atom. The average molecular weight is 233 g/mol. The minimum absolute atomic E-state index is 0.310. The molecule has 4 heteroatoms. The fraction of sp³-hybridized carbons (Fsp3) is 0.167. The Balaban J connectivity index is 2.23. The van der Waals surface area contributed by atoms with Gasteiger partial charge in [-0.05, 0) is 6.92 Å². The second kappa shape index (κ2) is 4.55. The van der Waals surface area contributed by atoms with Crippen molar-refractivity contribution in [2.75, 3.05) is 0 Å². The highest BCUT2D eigenvalue weighted by atomic mass is 32.1. The molecule has 1 aromatic heterocycles. The molecule has 0 fully saturated rings. The summed E-state index contributed by atoms with van der Waals surface area (Å²) in [5.41, 5.74) is 1.32. The molecule has 2 rings (SSSR count). The van der Waals surface area contributed by atoms with Gasteiger partial charge >= 0.3 is 0 Å². The lowest BCUT2D eigenvalue weighted by atomic mass is 10.1. The van der Waals surface area contributed by atoms with Crippen molar-refractivity contribution in [3.8, 4) is 0 Å². The monoisotopic (exact) mass is 233 g/mol. The van der Waals surface area contributed by atoms with E-state index in [0.29, 0.717) is 10.6 Å². The standard InChI is InChI=1S/C12H11NO2S/c1-8-7-16-12(13-8)11(15)10(14)9-5-3-2-4-6-9/h2-7,11,15H,1H3. The molecule has 82 valence electrons. The summed E-state index contributed by atoms with van der Waals surface area (Å²) < 4.78 is 0. The van der Waals surface area contributed by atoms with Gasteiger partial charge in [0.1, 0.15) is 5.01 Å². The quantitative estimate of drug-likeness (QED) is 0.828. The van der Waals surface area contributed by atoms with Crippen molar-refractivity contribution < 1.29 is 9.90 Å². The van der Waals surface area contributed by atoms with Crippen molar-refractivity contribution in [1.82, 2.24) is 4.98 Å². The molecule has 1 aromatic carbocycles. The molecule has 3 nitrogen and oxygen atoms in total. The molecule has 1 heterocycles. The van der Waals surface area contributed by atoms with Crippen molar-refractivity contribution in [1.29, 1.82) is 0 Å². The zero-order valence-electron chi connectivity index (χ0n) is 8.75. The summed E-state index contributed by atoms with van der Waals surface area (Å²) in [5, 5.41) is 12.1. The number of carbonyl (C=O) groups excluding carboxylic acids is 1. The maximum atomic E-state index is 11.9. The van der Waals surface area contributed by atoms with E-state index in [0.717, 1.165) is 5.69 Å². The van der Waals surface area contributed by atoms with Crippen LogP contribution in [0.5, 0.6) is 0 Å². The summed E-state index contributed by atoms with van der Waals surface area (Å²) in [6.07, 6.45) is -1.15. The fourth-order valence-electron chi connectivity index (χ4n) is 1.37. The van der Waals surface area contributed by atoms with Crippen molar-refractivity contribution in [2.45, 2.75) is 13.0 Å². The highest BCUT2D eigenvalue weighted by Gasteiger charge is 2.21.